The number of likely N-dealkylation sites (tertiary alicyclic amines) is 1. The average Bonchev–Trinajstić information content (AvgIpc) is 2.28. The Morgan fingerprint density at radius 3 is 2.31 bits per heavy atom. The minimum Gasteiger partial charge on any atom is -0.317 e. The molecule has 0 amide bonds. The molecular formula is C14H30N2. The van der Waals surface area contributed by atoms with Crippen molar-refractivity contribution in [3.05, 3.63) is 0 Å². The monoisotopic (exact) mass is 226 g/mol. The van der Waals surface area contributed by atoms with Crippen LogP contribution in [0.25, 0.3) is 0 Å². The molecule has 0 bridgehead atoms. The van der Waals surface area contributed by atoms with Gasteiger partial charge in [-0.05, 0) is 71.1 Å². The first kappa shape index (κ1) is 14.0. The van der Waals surface area contributed by atoms with E-state index in [2.05, 4.69) is 38.0 Å². The molecule has 1 aliphatic heterocycles. The molecule has 0 aromatic rings. The van der Waals surface area contributed by atoms with Crippen LogP contribution in [0.3, 0.4) is 0 Å². The molecule has 1 atom stereocenters. The maximum absolute atomic E-state index is 3.39. The van der Waals surface area contributed by atoms with E-state index in [-0.39, 0.29) is 0 Å². The number of nitrogens with zero attached hydrogens (tertiary/aromatic N) is 1. The molecule has 1 aliphatic rings. The lowest BCUT2D eigenvalue weighted by Crippen LogP contribution is -2.41. The van der Waals surface area contributed by atoms with Crippen molar-refractivity contribution in [1.29, 1.82) is 0 Å². The molecule has 1 N–H and O–H groups in total. The smallest absolute Gasteiger partial charge is 0.00649 e. The molecule has 1 heterocycles. The molecule has 0 spiro atoms. The highest BCUT2D eigenvalue weighted by molar-refractivity contribution is 4.78. The van der Waals surface area contributed by atoms with E-state index < -0.39 is 0 Å². The Morgan fingerprint density at radius 2 is 1.81 bits per heavy atom. The number of hydrogen-bond donors (Lipinski definition) is 1. The van der Waals surface area contributed by atoms with Gasteiger partial charge in [-0.2, -0.15) is 0 Å². The third-order valence-electron chi connectivity index (χ3n) is 4.05. The highest BCUT2D eigenvalue weighted by Gasteiger charge is 2.22. The van der Waals surface area contributed by atoms with Gasteiger partial charge in [-0.25, -0.2) is 0 Å². The minimum absolute atomic E-state index is 0.692. The van der Waals surface area contributed by atoms with Crippen molar-refractivity contribution in [3.63, 3.8) is 0 Å². The van der Waals surface area contributed by atoms with Crippen LogP contribution in [0.4, 0.5) is 0 Å². The summed E-state index contributed by atoms with van der Waals surface area (Å²) in [6.07, 6.45) is 5.52. The standard InChI is InChI=1S/C14H30N2/c1-12(2)6-5-9-16-10-7-14(8-11-16)13(3)15-4/h12-15H,5-11H2,1-4H3. The molecule has 1 saturated heterocycles. The average molecular weight is 226 g/mol. The molecule has 1 rings (SSSR count). The maximum atomic E-state index is 3.39. The van der Waals surface area contributed by atoms with Crippen molar-refractivity contribution >= 4 is 0 Å². The summed E-state index contributed by atoms with van der Waals surface area (Å²) in [6, 6.07) is 0.692. The van der Waals surface area contributed by atoms with Crippen LogP contribution in [0.2, 0.25) is 0 Å². The molecule has 96 valence electrons. The zero-order chi connectivity index (χ0) is 12.0. The van der Waals surface area contributed by atoms with Gasteiger partial charge in [0.2, 0.25) is 0 Å². The van der Waals surface area contributed by atoms with Crippen LogP contribution in [0, 0.1) is 11.8 Å². The lowest BCUT2D eigenvalue weighted by molar-refractivity contribution is 0.161. The molecule has 2 heteroatoms. The van der Waals surface area contributed by atoms with Crippen LogP contribution >= 0.6 is 0 Å². The third-order valence-corrected chi connectivity index (χ3v) is 4.05. The lowest BCUT2D eigenvalue weighted by Gasteiger charge is -2.34. The third kappa shape index (κ3) is 4.84. The first-order valence-electron chi connectivity index (χ1n) is 7.03. The summed E-state index contributed by atoms with van der Waals surface area (Å²) >= 11 is 0. The topological polar surface area (TPSA) is 15.3 Å². The summed E-state index contributed by atoms with van der Waals surface area (Å²) in [7, 11) is 2.08. The second kappa shape index (κ2) is 7.29. The van der Waals surface area contributed by atoms with E-state index in [0.29, 0.717) is 6.04 Å². The van der Waals surface area contributed by atoms with E-state index in [1.807, 2.05) is 0 Å². The van der Waals surface area contributed by atoms with E-state index in [9.17, 15) is 0 Å². The van der Waals surface area contributed by atoms with Gasteiger partial charge in [0, 0.05) is 6.04 Å². The van der Waals surface area contributed by atoms with E-state index in [1.165, 1.54) is 45.3 Å². The predicted octanol–water partition coefficient (Wildman–Crippen LogP) is 2.74. The van der Waals surface area contributed by atoms with Gasteiger partial charge < -0.3 is 10.2 Å². The fourth-order valence-corrected chi connectivity index (χ4v) is 2.64. The van der Waals surface area contributed by atoms with Gasteiger partial charge >= 0.3 is 0 Å². The van der Waals surface area contributed by atoms with Crippen LogP contribution in [0.1, 0.15) is 46.5 Å². The van der Waals surface area contributed by atoms with Gasteiger partial charge in [-0.15, -0.1) is 0 Å². The molecule has 0 aliphatic carbocycles. The van der Waals surface area contributed by atoms with Gasteiger partial charge in [0.25, 0.3) is 0 Å². The van der Waals surface area contributed by atoms with Crippen molar-refractivity contribution in [3.8, 4) is 0 Å². The summed E-state index contributed by atoms with van der Waals surface area (Å²) in [5.41, 5.74) is 0. The summed E-state index contributed by atoms with van der Waals surface area (Å²) < 4.78 is 0. The van der Waals surface area contributed by atoms with Crippen LogP contribution in [-0.4, -0.2) is 37.6 Å². The normalized spacial score (nSPS) is 21.6. The summed E-state index contributed by atoms with van der Waals surface area (Å²) in [5, 5.41) is 3.39. The van der Waals surface area contributed by atoms with Crippen LogP contribution in [0.15, 0.2) is 0 Å². The molecule has 0 radical (unpaired) electrons. The first-order valence-corrected chi connectivity index (χ1v) is 7.03. The zero-order valence-corrected chi connectivity index (χ0v) is 11.6. The van der Waals surface area contributed by atoms with Crippen molar-refractivity contribution in [2.24, 2.45) is 11.8 Å². The molecule has 2 nitrogen and oxygen atoms in total. The Morgan fingerprint density at radius 1 is 1.19 bits per heavy atom. The number of nitrogens with one attached hydrogen (secondary N) is 1. The van der Waals surface area contributed by atoms with Crippen LogP contribution < -0.4 is 5.32 Å². The van der Waals surface area contributed by atoms with Crippen LogP contribution in [0.5, 0.6) is 0 Å². The molecule has 0 aromatic heterocycles. The van der Waals surface area contributed by atoms with Crippen molar-refractivity contribution in [1.82, 2.24) is 10.2 Å². The number of hydrogen-bond acceptors (Lipinski definition) is 2. The SMILES string of the molecule is CNC(C)C1CCN(CCCC(C)C)CC1. The molecule has 1 fully saturated rings. The number of rotatable bonds is 6. The highest BCUT2D eigenvalue weighted by Crippen LogP contribution is 2.20. The van der Waals surface area contributed by atoms with Crippen molar-refractivity contribution in [2.45, 2.75) is 52.5 Å². The Bertz CT molecular complexity index is 172. The van der Waals surface area contributed by atoms with E-state index in [0.717, 1.165) is 11.8 Å². The summed E-state index contributed by atoms with van der Waals surface area (Å²) in [6.45, 7) is 10.9. The molecule has 0 saturated carbocycles. The fourth-order valence-electron chi connectivity index (χ4n) is 2.64. The molecule has 16 heavy (non-hydrogen) atoms. The first-order chi connectivity index (χ1) is 7.63. The van der Waals surface area contributed by atoms with Gasteiger partial charge in [0.05, 0.1) is 0 Å². The molecular weight excluding hydrogens is 196 g/mol. The fraction of sp³-hybridized carbons (Fsp3) is 1.00. The minimum atomic E-state index is 0.692. The van der Waals surface area contributed by atoms with Gasteiger partial charge in [-0.3, -0.25) is 0 Å². The van der Waals surface area contributed by atoms with Gasteiger partial charge in [0.1, 0.15) is 0 Å². The van der Waals surface area contributed by atoms with Gasteiger partial charge in [-0.1, -0.05) is 13.8 Å². The Kier molecular flexibility index (Phi) is 6.37. The van der Waals surface area contributed by atoms with Crippen molar-refractivity contribution in [2.75, 3.05) is 26.7 Å². The summed E-state index contributed by atoms with van der Waals surface area (Å²) in [4.78, 5) is 2.65. The Labute approximate surface area is 102 Å². The van der Waals surface area contributed by atoms with E-state index in [1.54, 1.807) is 0 Å². The maximum Gasteiger partial charge on any atom is 0.00649 e. The van der Waals surface area contributed by atoms with Crippen LogP contribution in [-0.2, 0) is 0 Å². The zero-order valence-electron chi connectivity index (χ0n) is 11.6. The number of piperidine rings is 1. The molecule has 1 unspecified atom stereocenters. The quantitative estimate of drug-likeness (QED) is 0.749. The van der Waals surface area contributed by atoms with E-state index in [4.69, 9.17) is 0 Å². The van der Waals surface area contributed by atoms with Gasteiger partial charge in [0.15, 0.2) is 0 Å². The highest BCUT2D eigenvalue weighted by atomic mass is 15.1. The Hall–Kier alpha value is -0.0800. The summed E-state index contributed by atoms with van der Waals surface area (Å²) in [5.74, 6) is 1.76. The Balaban J connectivity index is 2.12. The largest absolute Gasteiger partial charge is 0.317 e. The molecule has 0 aromatic carbocycles. The predicted molar refractivity (Wildman–Crippen MR) is 71.8 cm³/mol. The van der Waals surface area contributed by atoms with Crippen molar-refractivity contribution < 1.29 is 0 Å². The second-order valence-corrected chi connectivity index (χ2v) is 5.79. The van der Waals surface area contributed by atoms with E-state index >= 15 is 0 Å². The lowest BCUT2D eigenvalue weighted by atomic mass is 9.90. The second-order valence-electron chi connectivity index (χ2n) is 5.79.